The van der Waals surface area contributed by atoms with Gasteiger partial charge in [-0.3, -0.25) is 4.90 Å². The lowest BCUT2D eigenvalue weighted by atomic mass is 10.2. The number of rotatable bonds is 6. The molecule has 1 aromatic rings. The Kier molecular flexibility index (Phi) is 5.02. The monoisotopic (exact) mass is 232 g/mol. The van der Waals surface area contributed by atoms with Crippen molar-refractivity contribution in [2.24, 2.45) is 0 Å². The first-order chi connectivity index (χ1) is 8.40. The van der Waals surface area contributed by atoms with Gasteiger partial charge in [0.2, 0.25) is 0 Å². The van der Waals surface area contributed by atoms with Crippen LogP contribution in [0.25, 0.3) is 0 Å². The molecule has 0 amide bonds. The van der Waals surface area contributed by atoms with E-state index in [1.54, 1.807) is 0 Å². The predicted octanol–water partition coefficient (Wildman–Crippen LogP) is 2.65. The molecule has 2 heteroatoms. The zero-order valence-corrected chi connectivity index (χ0v) is 10.9. The Morgan fingerprint density at radius 2 is 2.12 bits per heavy atom. The molecule has 1 fully saturated rings. The molecule has 0 saturated carbocycles. The quantitative estimate of drug-likeness (QED) is 0.759. The number of hydrogen-bond donors (Lipinski definition) is 1. The summed E-state index contributed by atoms with van der Waals surface area (Å²) in [6, 6.07) is 11.5. The summed E-state index contributed by atoms with van der Waals surface area (Å²) >= 11 is 0. The molecule has 1 unspecified atom stereocenters. The highest BCUT2D eigenvalue weighted by Gasteiger charge is 2.21. The van der Waals surface area contributed by atoms with Crippen LogP contribution in [0.1, 0.15) is 31.7 Å². The van der Waals surface area contributed by atoms with Gasteiger partial charge in [-0.2, -0.15) is 0 Å². The van der Waals surface area contributed by atoms with Crippen LogP contribution in [0.15, 0.2) is 30.3 Å². The van der Waals surface area contributed by atoms with Crippen molar-refractivity contribution in [1.29, 1.82) is 0 Å². The summed E-state index contributed by atoms with van der Waals surface area (Å²) in [4.78, 5) is 2.64. The Morgan fingerprint density at radius 1 is 1.29 bits per heavy atom. The summed E-state index contributed by atoms with van der Waals surface area (Å²) in [5.41, 5.74) is 1.38. The molecule has 0 bridgehead atoms. The predicted molar refractivity (Wildman–Crippen MR) is 73.0 cm³/mol. The van der Waals surface area contributed by atoms with E-state index in [4.69, 9.17) is 0 Å². The molecule has 1 saturated heterocycles. The van der Waals surface area contributed by atoms with E-state index >= 15 is 0 Å². The lowest BCUT2D eigenvalue weighted by molar-refractivity contribution is 0.248. The number of nitrogens with one attached hydrogen (secondary N) is 1. The van der Waals surface area contributed by atoms with Crippen LogP contribution < -0.4 is 5.32 Å². The van der Waals surface area contributed by atoms with Crippen molar-refractivity contribution in [3.63, 3.8) is 0 Å². The molecule has 1 heterocycles. The highest BCUT2D eigenvalue weighted by Crippen LogP contribution is 2.18. The fourth-order valence-electron chi connectivity index (χ4n) is 2.70. The van der Waals surface area contributed by atoms with E-state index in [0.717, 1.165) is 19.1 Å². The molecule has 0 radical (unpaired) electrons. The lowest BCUT2D eigenvalue weighted by Gasteiger charge is -2.23. The number of likely N-dealkylation sites (tertiary alicyclic amines) is 1. The molecular weight excluding hydrogens is 208 g/mol. The summed E-state index contributed by atoms with van der Waals surface area (Å²) in [7, 11) is 0. The van der Waals surface area contributed by atoms with Crippen LogP contribution in [0.5, 0.6) is 0 Å². The molecule has 17 heavy (non-hydrogen) atoms. The van der Waals surface area contributed by atoms with Crippen molar-refractivity contribution in [2.75, 3.05) is 19.6 Å². The standard InChI is InChI=1S/C15H24N2/c1-2-15-9-6-11-17(15)12-10-16-13-14-7-4-3-5-8-14/h3-5,7-8,15-16H,2,6,9-13H2,1H3. The van der Waals surface area contributed by atoms with Crippen molar-refractivity contribution in [2.45, 2.75) is 38.8 Å². The van der Waals surface area contributed by atoms with E-state index in [-0.39, 0.29) is 0 Å². The van der Waals surface area contributed by atoms with Gasteiger partial charge in [-0.05, 0) is 31.4 Å². The molecule has 94 valence electrons. The number of nitrogens with zero attached hydrogens (tertiary/aromatic N) is 1. The van der Waals surface area contributed by atoms with Crippen LogP contribution in [0.2, 0.25) is 0 Å². The summed E-state index contributed by atoms with van der Waals surface area (Å²) < 4.78 is 0. The van der Waals surface area contributed by atoms with E-state index in [1.165, 1.54) is 37.9 Å². The first-order valence-corrected chi connectivity index (χ1v) is 6.89. The van der Waals surface area contributed by atoms with Crippen molar-refractivity contribution >= 4 is 0 Å². The topological polar surface area (TPSA) is 15.3 Å². The Bertz CT molecular complexity index is 310. The van der Waals surface area contributed by atoms with Gasteiger partial charge in [-0.25, -0.2) is 0 Å². The van der Waals surface area contributed by atoms with Crippen LogP contribution in [0.4, 0.5) is 0 Å². The molecule has 1 aliphatic heterocycles. The van der Waals surface area contributed by atoms with Gasteiger partial charge in [-0.1, -0.05) is 37.3 Å². The van der Waals surface area contributed by atoms with Gasteiger partial charge in [0.25, 0.3) is 0 Å². The molecule has 2 nitrogen and oxygen atoms in total. The van der Waals surface area contributed by atoms with Crippen molar-refractivity contribution in [3.05, 3.63) is 35.9 Å². The van der Waals surface area contributed by atoms with Crippen molar-refractivity contribution in [1.82, 2.24) is 10.2 Å². The minimum Gasteiger partial charge on any atom is -0.311 e. The maximum absolute atomic E-state index is 3.53. The molecule has 1 aliphatic rings. The van der Waals surface area contributed by atoms with Gasteiger partial charge in [0.1, 0.15) is 0 Å². The molecule has 1 aromatic carbocycles. The van der Waals surface area contributed by atoms with E-state index in [2.05, 4.69) is 47.5 Å². The third-order valence-electron chi connectivity index (χ3n) is 3.72. The van der Waals surface area contributed by atoms with E-state index in [0.29, 0.717) is 0 Å². The van der Waals surface area contributed by atoms with E-state index in [9.17, 15) is 0 Å². The summed E-state index contributed by atoms with van der Waals surface area (Å²) in [6.07, 6.45) is 4.09. The minimum atomic E-state index is 0.841. The van der Waals surface area contributed by atoms with Gasteiger partial charge < -0.3 is 5.32 Å². The molecule has 0 spiro atoms. The number of hydrogen-bond acceptors (Lipinski definition) is 2. The highest BCUT2D eigenvalue weighted by molar-refractivity contribution is 5.14. The van der Waals surface area contributed by atoms with Crippen LogP contribution in [-0.2, 0) is 6.54 Å². The summed E-state index contributed by atoms with van der Waals surface area (Å²) in [5, 5.41) is 3.53. The van der Waals surface area contributed by atoms with Crippen molar-refractivity contribution in [3.8, 4) is 0 Å². The highest BCUT2D eigenvalue weighted by atomic mass is 15.2. The van der Waals surface area contributed by atoms with Crippen LogP contribution in [-0.4, -0.2) is 30.6 Å². The van der Waals surface area contributed by atoms with Gasteiger partial charge in [0, 0.05) is 25.7 Å². The largest absolute Gasteiger partial charge is 0.311 e. The second-order valence-corrected chi connectivity index (χ2v) is 4.90. The van der Waals surface area contributed by atoms with Gasteiger partial charge in [0.05, 0.1) is 0 Å². The lowest BCUT2D eigenvalue weighted by Crippen LogP contribution is -2.35. The minimum absolute atomic E-state index is 0.841. The van der Waals surface area contributed by atoms with Crippen molar-refractivity contribution < 1.29 is 0 Å². The maximum atomic E-state index is 3.53. The molecule has 2 rings (SSSR count). The van der Waals surface area contributed by atoms with Crippen LogP contribution in [0.3, 0.4) is 0 Å². The SMILES string of the molecule is CCC1CCCN1CCNCc1ccccc1. The zero-order chi connectivity index (χ0) is 11.9. The average molecular weight is 232 g/mol. The fraction of sp³-hybridized carbons (Fsp3) is 0.600. The Morgan fingerprint density at radius 3 is 2.88 bits per heavy atom. The van der Waals surface area contributed by atoms with Gasteiger partial charge in [0.15, 0.2) is 0 Å². The van der Waals surface area contributed by atoms with Crippen LogP contribution in [0, 0.1) is 0 Å². The average Bonchev–Trinajstić information content (AvgIpc) is 2.83. The Balaban J connectivity index is 1.63. The Hall–Kier alpha value is -0.860. The maximum Gasteiger partial charge on any atom is 0.0206 e. The first-order valence-electron chi connectivity index (χ1n) is 6.89. The second kappa shape index (κ2) is 6.77. The third-order valence-corrected chi connectivity index (χ3v) is 3.72. The Labute approximate surface area is 105 Å². The molecule has 1 atom stereocenters. The van der Waals surface area contributed by atoms with Crippen LogP contribution >= 0.6 is 0 Å². The number of benzene rings is 1. The first kappa shape index (κ1) is 12.6. The van der Waals surface area contributed by atoms with E-state index < -0.39 is 0 Å². The zero-order valence-electron chi connectivity index (χ0n) is 10.9. The molecular formula is C15H24N2. The fourth-order valence-corrected chi connectivity index (χ4v) is 2.70. The van der Waals surface area contributed by atoms with Gasteiger partial charge in [-0.15, -0.1) is 0 Å². The second-order valence-electron chi connectivity index (χ2n) is 4.90. The molecule has 0 aliphatic carbocycles. The van der Waals surface area contributed by atoms with Gasteiger partial charge >= 0.3 is 0 Å². The normalized spacial score (nSPS) is 20.9. The summed E-state index contributed by atoms with van der Waals surface area (Å²) in [6.45, 7) is 6.90. The summed E-state index contributed by atoms with van der Waals surface area (Å²) in [5.74, 6) is 0. The smallest absolute Gasteiger partial charge is 0.0206 e. The third kappa shape index (κ3) is 3.83. The molecule has 0 aromatic heterocycles. The molecule has 1 N–H and O–H groups in total. The van der Waals surface area contributed by atoms with E-state index in [1.807, 2.05) is 0 Å².